The summed E-state index contributed by atoms with van der Waals surface area (Å²) in [6.45, 7) is 0. The van der Waals surface area contributed by atoms with E-state index >= 15 is 0 Å². The van der Waals surface area contributed by atoms with Crippen LogP contribution in [-0.4, -0.2) is 0 Å². The van der Waals surface area contributed by atoms with Crippen molar-refractivity contribution in [3.8, 4) is 0 Å². The van der Waals surface area contributed by atoms with Gasteiger partial charge in [-0.2, -0.15) is 0 Å². The molecule has 0 bridgehead atoms. The van der Waals surface area contributed by atoms with Crippen LogP contribution in [0.3, 0.4) is 0 Å². The van der Waals surface area contributed by atoms with Crippen LogP contribution < -0.4 is 0 Å². The van der Waals surface area contributed by atoms with Gasteiger partial charge in [-0.25, -0.2) is 0 Å². The van der Waals surface area contributed by atoms with Crippen LogP contribution in [0.25, 0.3) is 9.81 Å². The summed E-state index contributed by atoms with van der Waals surface area (Å²) in [4.78, 5) is 5.45. The molecule has 2 aromatic heterocycles. The average Bonchev–Trinajstić information content (AvgIpc) is 3.59. The summed E-state index contributed by atoms with van der Waals surface area (Å²) in [7, 11) is 0. The van der Waals surface area contributed by atoms with Crippen LogP contribution in [-0.2, 0) is 17.0 Å². The standard InChI is InChI=1S/C26H19PS5/c28-27-26(25-14-8-16-30-25,18-24(32-27)20-11-5-2-6-12-20)21(22-13-7-15-29-22)17-23(31-27)19-9-3-1-4-10-19/h1-18,21H. The van der Waals surface area contributed by atoms with Crippen molar-refractivity contribution in [2.24, 2.45) is 0 Å². The van der Waals surface area contributed by atoms with E-state index in [9.17, 15) is 0 Å². The molecular weight excluding hydrogens is 504 g/mol. The van der Waals surface area contributed by atoms with Crippen LogP contribution in [0.2, 0.25) is 0 Å². The summed E-state index contributed by atoms with van der Waals surface area (Å²) in [5.41, 5.74) is 2.55. The lowest BCUT2D eigenvalue weighted by molar-refractivity contribution is 0.700. The van der Waals surface area contributed by atoms with E-state index in [1.807, 2.05) is 45.4 Å². The molecule has 2 aliphatic rings. The first-order valence-corrected chi connectivity index (χ1v) is 17.7. The van der Waals surface area contributed by atoms with E-state index in [0.717, 1.165) is 0 Å². The fourth-order valence-electron chi connectivity index (χ4n) is 4.43. The lowest BCUT2D eigenvalue weighted by atomic mass is 9.86. The highest BCUT2D eigenvalue weighted by molar-refractivity contribution is 9.04. The first kappa shape index (κ1) is 21.2. The Hall–Kier alpha value is -1.33. The Labute approximate surface area is 210 Å². The lowest BCUT2D eigenvalue weighted by Gasteiger charge is -2.44. The Balaban J connectivity index is 1.62. The maximum absolute atomic E-state index is 6.76. The number of fused-ring (bicyclic) bond motifs is 1. The molecule has 2 aromatic carbocycles. The Bertz CT molecular complexity index is 1300. The molecule has 3 unspecified atom stereocenters. The minimum absolute atomic E-state index is 0.180. The van der Waals surface area contributed by atoms with Crippen molar-refractivity contribution < 1.29 is 0 Å². The second kappa shape index (κ2) is 8.47. The van der Waals surface area contributed by atoms with Crippen molar-refractivity contribution in [2.75, 3.05) is 0 Å². The lowest BCUT2D eigenvalue weighted by Crippen LogP contribution is -2.28. The number of hydrogen-bond donors (Lipinski definition) is 0. The zero-order valence-corrected chi connectivity index (χ0v) is 21.9. The van der Waals surface area contributed by atoms with E-state index in [2.05, 4.69) is 108 Å². The van der Waals surface area contributed by atoms with E-state index in [1.54, 1.807) is 0 Å². The molecule has 0 saturated carbocycles. The third-order valence-corrected chi connectivity index (χ3v) is 19.2. The van der Waals surface area contributed by atoms with Gasteiger partial charge in [0.1, 0.15) is 0 Å². The molecule has 0 N–H and O–H groups in total. The predicted molar refractivity (Wildman–Crippen MR) is 151 cm³/mol. The molecular formula is C26H19PS5. The fourth-order valence-corrected chi connectivity index (χ4v) is 19.5. The second-order valence-corrected chi connectivity index (χ2v) is 20.8. The maximum atomic E-state index is 6.76. The third kappa shape index (κ3) is 3.37. The van der Waals surface area contributed by atoms with Crippen LogP contribution in [0, 0.1) is 0 Å². The fraction of sp³-hybridized carbons (Fsp3) is 0.0769. The second-order valence-electron chi connectivity index (χ2n) is 7.75. The third-order valence-electron chi connectivity index (χ3n) is 5.92. The molecule has 0 spiro atoms. The topological polar surface area (TPSA) is 0 Å². The van der Waals surface area contributed by atoms with E-state index in [4.69, 9.17) is 11.8 Å². The number of thiophene rings is 2. The van der Waals surface area contributed by atoms with Gasteiger partial charge in [0.05, 0.1) is 9.60 Å². The van der Waals surface area contributed by atoms with Crippen LogP contribution in [0.4, 0.5) is 0 Å². The molecule has 0 fully saturated rings. The molecule has 0 aliphatic carbocycles. The maximum Gasteiger partial charge on any atom is 0.0820 e. The molecule has 4 aromatic rings. The summed E-state index contributed by atoms with van der Waals surface area (Å²) in [6, 6.07) is 30.5. The highest BCUT2D eigenvalue weighted by Gasteiger charge is 2.58. The van der Waals surface area contributed by atoms with Gasteiger partial charge in [-0.1, -0.05) is 120 Å². The van der Waals surface area contributed by atoms with Crippen LogP contribution in [0.15, 0.2) is 108 Å². The van der Waals surface area contributed by atoms with Crippen molar-refractivity contribution >= 4 is 71.5 Å². The number of benzene rings is 2. The van der Waals surface area contributed by atoms with Gasteiger partial charge in [0.15, 0.2) is 0 Å². The van der Waals surface area contributed by atoms with Crippen molar-refractivity contribution in [1.82, 2.24) is 0 Å². The normalized spacial score (nSPS) is 26.9. The molecule has 6 heteroatoms. The molecule has 2 aliphatic heterocycles. The Morgan fingerprint density at radius 1 is 0.688 bits per heavy atom. The molecule has 0 saturated heterocycles. The first-order valence-electron chi connectivity index (χ1n) is 10.3. The zero-order valence-electron chi connectivity index (χ0n) is 17.0. The minimum atomic E-state index is -2.01. The van der Waals surface area contributed by atoms with Gasteiger partial charge in [0.2, 0.25) is 0 Å². The van der Waals surface area contributed by atoms with Gasteiger partial charge in [-0.05, 0) is 34.0 Å². The Kier molecular flexibility index (Phi) is 5.61. The summed E-state index contributed by atoms with van der Waals surface area (Å²) >= 11 is 14.4. The molecule has 0 amide bonds. The highest BCUT2D eigenvalue weighted by Crippen LogP contribution is 2.93. The molecule has 4 heterocycles. The quantitative estimate of drug-likeness (QED) is 0.245. The zero-order chi connectivity index (χ0) is 21.6. The van der Waals surface area contributed by atoms with Gasteiger partial charge in [0.25, 0.3) is 0 Å². The number of allylic oxidation sites excluding steroid dienone is 2. The molecule has 3 atom stereocenters. The molecule has 6 rings (SSSR count). The van der Waals surface area contributed by atoms with Gasteiger partial charge in [-0.15, -0.1) is 22.7 Å². The average molecular weight is 523 g/mol. The number of hydrogen-bond acceptors (Lipinski definition) is 5. The monoisotopic (exact) mass is 522 g/mol. The van der Waals surface area contributed by atoms with Crippen LogP contribution in [0.5, 0.6) is 0 Å². The molecule has 158 valence electrons. The minimum Gasteiger partial charge on any atom is -0.148 e. The molecule has 0 nitrogen and oxygen atoms in total. The number of rotatable bonds is 4. The van der Waals surface area contributed by atoms with Crippen molar-refractivity contribution in [2.45, 2.75) is 11.1 Å². The summed E-state index contributed by atoms with van der Waals surface area (Å²) in [5.74, 6) is 0.233. The highest BCUT2D eigenvalue weighted by atomic mass is 33.2. The summed E-state index contributed by atoms with van der Waals surface area (Å²) in [5, 5.41) is 4.22. The summed E-state index contributed by atoms with van der Waals surface area (Å²) < 4.78 is -2.01. The van der Waals surface area contributed by atoms with Crippen molar-refractivity contribution in [3.05, 3.63) is 129 Å². The van der Waals surface area contributed by atoms with Gasteiger partial charge in [-0.3, -0.25) is 0 Å². The van der Waals surface area contributed by atoms with Gasteiger partial charge >= 0.3 is 0 Å². The van der Waals surface area contributed by atoms with E-state index in [0.29, 0.717) is 0 Å². The molecule has 32 heavy (non-hydrogen) atoms. The Morgan fingerprint density at radius 2 is 1.31 bits per heavy atom. The van der Waals surface area contributed by atoms with E-state index in [1.165, 1.54) is 30.7 Å². The first-order chi connectivity index (χ1) is 15.7. The predicted octanol–water partition coefficient (Wildman–Crippen LogP) is 9.67. The van der Waals surface area contributed by atoms with Crippen LogP contribution >= 0.6 is 49.9 Å². The molecule has 0 radical (unpaired) electrons. The van der Waals surface area contributed by atoms with E-state index < -0.39 is 4.44 Å². The Morgan fingerprint density at radius 3 is 1.94 bits per heavy atom. The van der Waals surface area contributed by atoms with Crippen molar-refractivity contribution in [1.29, 1.82) is 0 Å². The summed E-state index contributed by atoms with van der Waals surface area (Å²) in [6.07, 6.45) is 5.04. The van der Waals surface area contributed by atoms with Gasteiger partial charge in [0, 0.05) is 25.5 Å². The van der Waals surface area contributed by atoms with Crippen LogP contribution in [0.1, 0.15) is 26.8 Å². The van der Waals surface area contributed by atoms with Gasteiger partial charge < -0.3 is 0 Å². The smallest absolute Gasteiger partial charge is 0.0820 e. The SMILES string of the molecule is S=P12SC(c3ccccc3)=CC(c3cccs3)C1(c1cccs1)C=C(c1ccccc1)S2. The van der Waals surface area contributed by atoms with Crippen molar-refractivity contribution in [3.63, 3.8) is 0 Å². The van der Waals surface area contributed by atoms with E-state index in [-0.39, 0.29) is 11.1 Å². The largest absolute Gasteiger partial charge is 0.148 e.